The molecule has 0 aliphatic rings. The van der Waals surface area contributed by atoms with Crippen molar-refractivity contribution in [3.63, 3.8) is 0 Å². The number of benzene rings is 2. The Labute approximate surface area is 155 Å². The zero-order valence-electron chi connectivity index (χ0n) is 14.8. The predicted octanol–water partition coefficient (Wildman–Crippen LogP) is 2.92. The molecule has 2 rings (SSSR count). The molecule has 0 spiro atoms. The van der Waals surface area contributed by atoms with Crippen LogP contribution in [0.3, 0.4) is 0 Å². The highest BCUT2D eigenvalue weighted by Crippen LogP contribution is 2.20. The molecule has 0 saturated heterocycles. The molecule has 1 amide bonds. The summed E-state index contributed by atoms with van der Waals surface area (Å²) in [6.45, 7) is 1.93. The Morgan fingerprint density at radius 2 is 1.93 bits per heavy atom. The number of nitro benzene ring substituents is 1. The summed E-state index contributed by atoms with van der Waals surface area (Å²) in [5, 5.41) is 20.1. The molecule has 2 aromatic rings. The lowest BCUT2D eigenvalue weighted by Crippen LogP contribution is -2.26. The van der Waals surface area contributed by atoms with Gasteiger partial charge in [-0.2, -0.15) is 5.26 Å². The number of non-ortho nitro benzene ring substituents is 1. The lowest BCUT2D eigenvalue weighted by molar-refractivity contribution is -0.384. The van der Waals surface area contributed by atoms with Gasteiger partial charge in [-0.1, -0.05) is 12.1 Å². The maximum atomic E-state index is 12.7. The van der Waals surface area contributed by atoms with Gasteiger partial charge in [0.15, 0.2) is 0 Å². The Bertz CT molecular complexity index is 933. The average Bonchev–Trinajstić information content (AvgIpc) is 2.67. The van der Waals surface area contributed by atoms with E-state index in [0.717, 1.165) is 17.7 Å². The van der Waals surface area contributed by atoms with E-state index in [2.05, 4.69) is 0 Å². The molecule has 0 heterocycles. The zero-order valence-corrected chi connectivity index (χ0v) is 14.8. The summed E-state index contributed by atoms with van der Waals surface area (Å²) >= 11 is 0. The van der Waals surface area contributed by atoms with Crippen molar-refractivity contribution in [2.45, 2.75) is 13.5 Å². The Morgan fingerprint density at radius 3 is 2.56 bits per heavy atom. The number of nitriles is 1. The molecular weight excluding hydrogens is 350 g/mol. The molecule has 0 N–H and O–H groups in total. The number of hydrogen-bond acceptors (Lipinski definition) is 6. The van der Waals surface area contributed by atoms with Crippen LogP contribution in [0.25, 0.3) is 0 Å². The van der Waals surface area contributed by atoms with Crippen LogP contribution in [0.5, 0.6) is 0 Å². The van der Waals surface area contributed by atoms with E-state index >= 15 is 0 Å². The molecule has 0 bridgehead atoms. The molecule has 2 aromatic carbocycles. The highest BCUT2D eigenvalue weighted by molar-refractivity contribution is 5.98. The zero-order chi connectivity index (χ0) is 20.0. The van der Waals surface area contributed by atoms with Gasteiger partial charge in [0.1, 0.15) is 0 Å². The minimum absolute atomic E-state index is 0.00573. The van der Waals surface area contributed by atoms with Crippen LogP contribution < -0.4 is 0 Å². The van der Waals surface area contributed by atoms with Crippen molar-refractivity contribution < 1.29 is 19.2 Å². The molecule has 8 nitrogen and oxygen atoms in total. The molecule has 0 atom stereocenters. The first-order valence-corrected chi connectivity index (χ1v) is 8.06. The van der Waals surface area contributed by atoms with E-state index in [1.54, 1.807) is 31.2 Å². The second kappa shape index (κ2) is 8.58. The predicted molar refractivity (Wildman–Crippen MR) is 96.0 cm³/mol. The van der Waals surface area contributed by atoms with E-state index < -0.39 is 16.8 Å². The molecule has 8 heteroatoms. The van der Waals surface area contributed by atoms with Gasteiger partial charge in [-0.3, -0.25) is 14.9 Å². The van der Waals surface area contributed by atoms with E-state index in [1.807, 2.05) is 6.07 Å². The molecule has 0 aliphatic heterocycles. The third kappa shape index (κ3) is 4.89. The fourth-order valence-electron chi connectivity index (χ4n) is 2.48. The summed E-state index contributed by atoms with van der Waals surface area (Å²) in [4.78, 5) is 36.4. The second-order valence-electron chi connectivity index (χ2n) is 5.72. The molecule has 0 radical (unpaired) electrons. The first kappa shape index (κ1) is 19.6. The maximum Gasteiger partial charge on any atom is 0.338 e. The Balaban J connectivity index is 2.31. The number of esters is 1. The lowest BCUT2D eigenvalue weighted by Gasteiger charge is -2.18. The number of ether oxygens (including phenoxy) is 1. The largest absolute Gasteiger partial charge is 0.462 e. The van der Waals surface area contributed by atoms with Gasteiger partial charge in [-0.15, -0.1) is 0 Å². The van der Waals surface area contributed by atoms with Crippen molar-refractivity contribution >= 4 is 17.6 Å². The number of carbonyl (C=O) groups excluding carboxylic acids is 2. The molecule has 138 valence electrons. The number of nitrogens with zero attached hydrogens (tertiary/aromatic N) is 3. The smallest absolute Gasteiger partial charge is 0.338 e. The molecule has 0 unspecified atom stereocenters. The van der Waals surface area contributed by atoms with Crippen molar-refractivity contribution in [2.24, 2.45) is 0 Å². The fourth-order valence-corrected chi connectivity index (χ4v) is 2.48. The topological polar surface area (TPSA) is 114 Å². The molecule has 0 aromatic heterocycles. The van der Waals surface area contributed by atoms with Crippen LogP contribution in [0, 0.1) is 21.4 Å². The Morgan fingerprint density at radius 1 is 1.22 bits per heavy atom. The van der Waals surface area contributed by atoms with E-state index in [4.69, 9.17) is 10.00 Å². The third-order valence-electron chi connectivity index (χ3n) is 3.71. The average molecular weight is 367 g/mol. The highest BCUT2D eigenvalue weighted by Gasteiger charge is 2.21. The quantitative estimate of drug-likeness (QED) is 0.441. The van der Waals surface area contributed by atoms with Crippen LogP contribution >= 0.6 is 0 Å². The summed E-state index contributed by atoms with van der Waals surface area (Å²) in [6.07, 6.45) is 0. The van der Waals surface area contributed by atoms with Gasteiger partial charge in [0.2, 0.25) is 0 Å². The lowest BCUT2D eigenvalue weighted by atomic mass is 10.1. The van der Waals surface area contributed by atoms with E-state index in [0.29, 0.717) is 5.56 Å². The molecule has 0 aliphatic carbocycles. The Hall–Kier alpha value is -3.73. The number of amides is 1. The molecule has 0 saturated carbocycles. The van der Waals surface area contributed by atoms with Crippen LogP contribution in [-0.2, 0) is 11.3 Å². The molecule has 0 fully saturated rings. The van der Waals surface area contributed by atoms with Crippen LogP contribution in [0.2, 0.25) is 0 Å². The van der Waals surface area contributed by atoms with Gasteiger partial charge in [0, 0.05) is 31.3 Å². The van der Waals surface area contributed by atoms with Crippen molar-refractivity contribution in [1.29, 1.82) is 5.26 Å². The minimum atomic E-state index is -0.736. The van der Waals surface area contributed by atoms with E-state index in [9.17, 15) is 19.7 Å². The number of nitro groups is 1. The summed E-state index contributed by atoms with van der Waals surface area (Å²) in [5.41, 5.74) is 0.776. The fraction of sp³-hybridized carbons (Fsp3) is 0.211. The van der Waals surface area contributed by atoms with Gasteiger partial charge < -0.3 is 9.64 Å². The number of rotatable bonds is 6. The minimum Gasteiger partial charge on any atom is -0.462 e. The first-order chi connectivity index (χ1) is 12.8. The summed E-state index contributed by atoms with van der Waals surface area (Å²) < 4.78 is 4.86. The molecule has 27 heavy (non-hydrogen) atoms. The SMILES string of the molecule is CCOC(=O)c1cc(C(=O)N(C)Cc2cccc(C#N)c2)cc([N+](=O)[O-])c1. The van der Waals surface area contributed by atoms with Crippen molar-refractivity contribution in [2.75, 3.05) is 13.7 Å². The van der Waals surface area contributed by atoms with E-state index in [1.165, 1.54) is 18.0 Å². The van der Waals surface area contributed by atoms with Crippen molar-refractivity contribution in [3.05, 3.63) is 74.8 Å². The third-order valence-corrected chi connectivity index (χ3v) is 3.71. The van der Waals surface area contributed by atoms with Crippen LogP contribution in [0.15, 0.2) is 42.5 Å². The number of hydrogen-bond donors (Lipinski definition) is 0. The summed E-state index contributed by atoms with van der Waals surface area (Å²) in [7, 11) is 1.53. The van der Waals surface area contributed by atoms with Crippen molar-refractivity contribution in [3.8, 4) is 6.07 Å². The van der Waals surface area contributed by atoms with Crippen LogP contribution in [0.1, 0.15) is 38.8 Å². The second-order valence-corrected chi connectivity index (χ2v) is 5.72. The van der Waals surface area contributed by atoms with E-state index in [-0.39, 0.29) is 30.0 Å². The van der Waals surface area contributed by atoms with Gasteiger partial charge in [0.05, 0.1) is 28.7 Å². The Kier molecular flexibility index (Phi) is 6.23. The standard InChI is InChI=1S/C19H17N3O5/c1-3-27-19(24)16-8-15(9-17(10-16)22(25)26)18(23)21(2)12-14-6-4-5-13(7-14)11-20/h4-10H,3,12H2,1-2H3. The summed E-state index contributed by atoms with van der Waals surface area (Å²) in [5.74, 6) is -1.23. The molecular formula is C19H17N3O5. The monoisotopic (exact) mass is 367 g/mol. The van der Waals surface area contributed by atoms with Crippen LogP contribution in [-0.4, -0.2) is 35.4 Å². The summed E-state index contributed by atoms with van der Waals surface area (Å²) in [6, 6.07) is 12.3. The van der Waals surface area contributed by atoms with Gasteiger partial charge >= 0.3 is 5.97 Å². The van der Waals surface area contributed by atoms with Gasteiger partial charge in [0.25, 0.3) is 11.6 Å². The van der Waals surface area contributed by atoms with Gasteiger partial charge in [-0.25, -0.2) is 4.79 Å². The maximum absolute atomic E-state index is 12.7. The van der Waals surface area contributed by atoms with Gasteiger partial charge in [-0.05, 0) is 30.7 Å². The first-order valence-electron chi connectivity index (χ1n) is 8.06. The van der Waals surface area contributed by atoms with Crippen LogP contribution in [0.4, 0.5) is 5.69 Å². The number of carbonyl (C=O) groups is 2. The van der Waals surface area contributed by atoms with Crippen molar-refractivity contribution in [1.82, 2.24) is 4.90 Å². The normalized spacial score (nSPS) is 9.96. The highest BCUT2D eigenvalue weighted by atomic mass is 16.6.